The van der Waals surface area contributed by atoms with Crippen molar-refractivity contribution in [1.82, 2.24) is 10.2 Å². The van der Waals surface area contributed by atoms with E-state index < -0.39 is 0 Å². The van der Waals surface area contributed by atoms with E-state index in [4.69, 9.17) is 0 Å². The van der Waals surface area contributed by atoms with Crippen LogP contribution in [0.4, 0.5) is 0 Å². The zero-order valence-electron chi connectivity index (χ0n) is 13.2. The molecule has 22 heavy (non-hydrogen) atoms. The predicted octanol–water partition coefficient (Wildman–Crippen LogP) is 2.31. The molecule has 0 saturated carbocycles. The molecule has 0 aliphatic carbocycles. The highest BCUT2D eigenvalue weighted by Crippen LogP contribution is 2.21. The maximum atomic E-state index is 12.4. The van der Waals surface area contributed by atoms with Gasteiger partial charge in [0.1, 0.15) is 0 Å². The first-order valence-corrected chi connectivity index (χ1v) is 8.25. The first kappa shape index (κ1) is 15.2. The highest BCUT2D eigenvalue weighted by atomic mass is 16.2. The van der Waals surface area contributed by atoms with Crippen LogP contribution in [-0.2, 0) is 4.79 Å². The van der Waals surface area contributed by atoms with Gasteiger partial charge in [-0.15, -0.1) is 0 Å². The Morgan fingerprint density at radius 3 is 2.59 bits per heavy atom. The van der Waals surface area contributed by atoms with E-state index in [1.807, 2.05) is 36.1 Å². The molecule has 118 valence electrons. The molecule has 1 N–H and O–H groups in total. The molecule has 2 aliphatic rings. The van der Waals surface area contributed by atoms with Crippen molar-refractivity contribution in [3.8, 4) is 0 Å². The third-order valence-electron chi connectivity index (χ3n) is 4.82. The first-order chi connectivity index (χ1) is 10.6. The summed E-state index contributed by atoms with van der Waals surface area (Å²) in [5, 5.41) is 3.57. The van der Waals surface area contributed by atoms with Gasteiger partial charge in [0.15, 0.2) is 5.78 Å². The molecule has 2 heterocycles. The molecule has 0 radical (unpaired) electrons. The van der Waals surface area contributed by atoms with Crippen molar-refractivity contribution in [2.45, 2.75) is 51.1 Å². The lowest BCUT2D eigenvalue weighted by Crippen LogP contribution is -2.39. The van der Waals surface area contributed by atoms with Gasteiger partial charge >= 0.3 is 0 Å². The van der Waals surface area contributed by atoms with Crippen LogP contribution in [-0.4, -0.2) is 41.8 Å². The number of aryl methyl sites for hydroxylation is 1. The Kier molecular flexibility index (Phi) is 4.57. The van der Waals surface area contributed by atoms with Gasteiger partial charge in [-0.3, -0.25) is 9.59 Å². The van der Waals surface area contributed by atoms with Crippen LogP contribution in [0.3, 0.4) is 0 Å². The smallest absolute Gasteiger partial charge is 0.223 e. The molecule has 2 bridgehead atoms. The van der Waals surface area contributed by atoms with E-state index in [0.29, 0.717) is 30.5 Å². The monoisotopic (exact) mass is 300 g/mol. The van der Waals surface area contributed by atoms with Crippen molar-refractivity contribution < 1.29 is 9.59 Å². The second-order valence-corrected chi connectivity index (χ2v) is 6.56. The lowest BCUT2D eigenvalue weighted by atomic mass is 10.0. The van der Waals surface area contributed by atoms with Crippen molar-refractivity contribution in [3.05, 3.63) is 35.4 Å². The number of hydrogen-bond acceptors (Lipinski definition) is 3. The number of nitrogens with one attached hydrogen (secondary N) is 1. The van der Waals surface area contributed by atoms with Crippen molar-refractivity contribution in [3.63, 3.8) is 0 Å². The SMILES string of the molecule is Cc1ccc(C(=O)CCC(=O)N2CCC3CCC(C2)N3)cc1. The number of fused-ring (bicyclic) bond motifs is 2. The third kappa shape index (κ3) is 3.55. The summed E-state index contributed by atoms with van der Waals surface area (Å²) >= 11 is 0. The topological polar surface area (TPSA) is 49.4 Å². The number of hydrogen-bond donors (Lipinski definition) is 1. The Balaban J connectivity index is 1.51. The number of ketones is 1. The molecule has 1 aromatic rings. The predicted molar refractivity (Wildman–Crippen MR) is 85.9 cm³/mol. The Labute approximate surface area is 131 Å². The quantitative estimate of drug-likeness (QED) is 0.868. The van der Waals surface area contributed by atoms with Gasteiger partial charge < -0.3 is 10.2 Å². The summed E-state index contributed by atoms with van der Waals surface area (Å²) in [6, 6.07) is 8.59. The van der Waals surface area contributed by atoms with Gasteiger partial charge in [0, 0.05) is 43.6 Å². The largest absolute Gasteiger partial charge is 0.341 e. The van der Waals surface area contributed by atoms with Gasteiger partial charge in [0.05, 0.1) is 0 Å². The van der Waals surface area contributed by atoms with E-state index in [1.165, 1.54) is 6.42 Å². The Morgan fingerprint density at radius 2 is 1.82 bits per heavy atom. The van der Waals surface area contributed by atoms with Crippen molar-refractivity contribution in [2.24, 2.45) is 0 Å². The van der Waals surface area contributed by atoms with Crippen LogP contribution in [0.5, 0.6) is 0 Å². The number of likely N-dealkylation sites (tertiary alicyclic amines) is 1. The summed E-state index contributed by atoms with van der Waals surface area (Å²) in [4.78, 5) is 26.5. The zero-order chi connectivity index (χ0) is 15.5. The lowest BCUT2D eigenvalue weighted by Gasteiger charge is -2.24. The van der Waals surface area contributed by atoms with Crippen LogP contribution in [0.2, 0.25) is 0 Å². The standard InChI is InChI=1S/C18H24N2O2/c1-13-2-4-14(5-3-13)17(21)8-9-18(22)20-11-10-15-6-7-16(12-20)19-15/h2-5,15-16,19H,6-12H2,1H3. The van der Waals surface area contributed by atoms with E-state index in [0.717, 1.165) is 31.5 Å². The molecular weight excluding hydrogens is 276 g/mol. The average Bonchev–Trinajstić information content (AvgIpc) is 2.84. The van der Waals surface area contributed by atoms with E-state index in [1.54, 1.807) is 0 Å². The fourth-order valence-corrected chi connectivity index (χ4v) is 3.43. The highest BCUT2D eigenvalue weighted by molar-refractivity contribution is 5.97. The summed E-state index contributed by atoms with van der Waals surface area (Å²) < 4.78 is 0. The van der Waals surface area contributed by atoms with Gasteiger partial charge in [-0.1, -0.05) is 29.8 Å². The lowest BCUT2D eigenvalue weighted by molar-refractivity contribution is -0.131. The second-order valence-electron chi connectivity index (χ2n) is 6.56. The van der Waals surface area contributed by atoms with Gasteiger partial charge in [-0.2, -0.15) is 0 Å². The molecule has 2 aliphatic heterocycles. The summed E-state index contributed by atoms with van der Waals surface area (Å²) in [6.45, 7) is 3.62. The maximum Gasteiger partial charge on any atom is 0.223 e. The van der Waals surface area contributed by atoms with E-state index in [9.17, 15) is 9.59 Å². The minimum atomic E-state index is 0.0582. The van der Waals surface area contributed by atoms with E-state index in [2.05, 4.69) is 5.32 Å². The Hall–Kier alpha value is -1.68. The number of amides is 1. The number of Topliss-reactive ketones (excluding diaryl/α,β-unsaturated/α-hetero) is 1. The van der Waals surface area contributed by atoms with Gasteiger partial charge in [-0.05, 0) is 26.2 Å². The molecule has 1 aromatic carbocycles. The van der Waals surface area contributed by atoms with Gasteiger partial charge in [0.2, 0.25) is 5.91 Å². The minimum Gasteiger partial charge on any atom is -0.341 e. The van der Waals surface area contributed by atoms with Gasteiger partial charge in [0.25, 0.3) is 0 Å². The normalized spacial score (nSPS) is 24.1. The summed E-state index contributed by atoms with van der Waals surface area (Å²) in [5.74, 6) is 0.178. The molecule has 2 atom stereocenters. The summed E-state index contributed by atoms with van der Waals surface area (Å²) in [6.07, 6.45) is 4.06. The molecule has 1 amide bonds. The minimum absolute atomic E-state index is 0.0582. The van der Waals surface area contributed by atoms with Crippen LogP contribution in [0.15, 0.2) is 24.3 Å². The number of benzene rings is 1. The molecule has 2 saturated heterocycles. The molecule has 4 heteroatoms. The molecular formula is C18H24N2O2. The average molecular weight is 300 g/mol. The highest BCUT2D eigenvalue weighted by Gasteiger charge is 2.30. The van der Waals surface area contributed by atoms with Crippen molar-refractivity contribution in [2.75, 3.05) is 13.1 Å². The molecule has 0 spiro atoms. The van der Waals surface area contributed by atoms with Crippen LogP contribution in [0.1, 0.15) is 48.0 Å². The fourth-order valence-electron chi connectivity index (χ4n) is 3.43. The van der Waals surface area contributed by atoms with Crippen LogP contribution in [0, 0.1) is 6.92 Å². The molecule has 4 nitrogen and oxygen atoms in total. The molecule has 2 unspecified atom stereocenters. The number of carbonyl (C=O) groups excluding carboxylic acids is 2. The Bertz CT molecular complexity index is 553. The fraction of sp³-hybridized carbons (Fsp3) is 0.556. The zero-order valence-corrected chi connectivity index (χ0v) is 13.2. The van der Waals surface area contributed by atoms with Crippen LogP contribution < -0.4 is 5.32 Å². The van der Waals surface area contributed by atoms with Crippen LogP contribution >= 0.6 is 0 Å². The second kappa shape index (κ2) is 6.61. The van der Waals surface area contributed by atoms with Crippen molar-refractivity contribution in [1.29, 1.82) is 0 Å². The van der Waals surface area contributed by atoms with E-state index in [-0.39, 0.29) is 11.7 Å². The third-order valence-corrected chi connectivity index (χ3v) is 4.82. The number of carbonyl (C=O) groups is 2. The summed E-state index contributed by atoms with van der Waals surface area (Å²) in [5.41, 5.74) is 1.84. The van der Waals surface area contributed by atoms with E-state index >= 15 is 0 Å². The maximum absolute atomic E-state index is 12.4. The van der Waals surface area contributed by atoms with Gasteiger partial charge in [-0.25, -0.2) is 0 Å². The molecule has 0 aromatic heterocycles. The van der Waals surface area contributed by atoms with Crippen LogP contribution in [0.25, 0.3) is 0 Å². The van der Waals surface area contributed by atoms with Crippen molar-refractivity contribution >= 4 is 11.7 Å². The first-order valence-electron chi connectivity index (χ1n) is 8.25. The number of rotatable bonds is 4. The molecule has 2 fully saturated rings. The summed E-state index contributed by atoms with van der Waals surface area (Å²) in [7, 11) is 0. The Morgan fingerprint density at radius 1 is 1.09 bits per heavy atom. The molecule has 3 rings (SSSR count). The number of nitrogens with zero attached hydrogens (tertiary/aromatic N) is 1.